The molecule has 1 aromatic heterocycles. The van der Waals surface area contributed by atoms with E-state index in [1.807, 2.05) is 24.3 Å². The van der Waals surface area contributed by atoms with Crippen molar-refractivity contribution in [1.82, 2.24) is 15.3 Å². The van der Waals surface area contributed by atoms with Gasteiger partial charge in [-0.3, -0.25) is 9.59 Å². The lowest BCUT2D eigenvalue weighted by Gasteiger charge is -2.19. The number of carbonyl (C=O) groups is 1. The van der Waals surface area contributed by atoms with Crippen LogP contribution in [-0.4, -0.2) is 42.8 Å². The zero-order valence-electron chi connectivity index (χ0n) is 16.4. The quantitative estimate of drug-likeness (QED) is 0.717. The Morgan fingerprint density at radius 2 is 1.86 bits per heavy atom. The number of aromatic amines is 1. The molecule has 8 nitrogen and oxygen atoms in total. The molecule has 1 aromatic carbocycles. The van der Waals surface area contributed by atoms with Crippen LogP contribution in [0.25, 0.3) is 0 Å². The second-order valence-electron chi connectivity index (χ2n) is 7.52. The van der Waals surface area contributed by atoms with E-state index in [0.717, 1.165) is 12.5 Å². The summed E-state index contributed by atoms with van der Waals surface area (Å²) in [5, 5.41) is 2.38. The number of rotatable bonds is 7. The van der Waals surface area contributed by atoms with Crippen LogP contribution in [0.1, 0.15) is 42.5 Å². The third-order valence-corrected chi connectivity index (χ3v) is 4.90. The fraction of sp³-hybridized carbons (Fsp3) is 0.421. The summed E-state index contributed by atoms with van der Waals surface area (Å²) in [6, 6.07) is 7.66. The van der Waals surface area contributed by atoms with E-state index in [2.05, 4.69) is 36.1 Å². The molecule has 0 fully saturated rings. The zero-order chi connectivity index (χ0) is 20.9. The molecule has 1 amide bonds. The van der Waals surface area contributed by atoms with Gasteiger partial charge in [-0.2, -0.15) is 0 Å². The van der Waals surface area contributed by atoms with Gasteiger partial charge in [-0.05, 0) is 23.1 Å². The van der Waals surface area contributed by atoms with Crippen LogP contribution in [0.3, 0.4) is 0 Å². The number of ether oxygens (including phenoxy) is 1. The Bertz CT molecular complexity index is 989. The number of carbonyl (C=O) groups excluding carboxylic acids is 1. The predicted octanol–water partition coefficient (Wildman–Crippen LogP) is 1.42. The molecule has 2 N–H and O–H groups in total. The van der Waals surface area contributed by atoms with E-state index < -0.39 is 21.3 Å². The first-order chi connectivity index (χ1) is 13.0. The first-order valence-electron chi connectivity index (χ1n) is 8.73. The lowest BCUT2D eigenvalue weighted by Crippen LogP contribution is -2.33. The van der Waals surface area contributed by atoms with Gasteiger partial charge in [0.05, 0.1) is 5.75 Å². The van der Waals surface area contributed by atoms with Crippen LogP contribution in [0.4, 0.5) is 0 Å². The van der Waals surface area contributed by atoms with Crippen molar-refractivity contribution in [2.24, 2.45) is 0 Å². The molecule has 2 aromatic rings. The fourth-order valence-electron chi connectivity index (χ4n) is 2.31. The number of hydrogen-bond donors (Lipinski definition) is 2. The van der Waals surface area contributed by atoms with Crippen LogP contribution >= 0.6 is 0 Å². The van der Waals surface area contributed by atoms with E-state index >= 15 is 0 Å². The number of nitrogens with one attached hydrogen (secondary N) is 2. The molecule has 0 atom stereocenters. The molecule has 0 spiro atoms. The Morgan fingerprint density at radius 1 is 1.21 bits per heavy atom. The Kier molecular flexibility index (Phi) is 6.60. The molecule has 152 valence electrons. The molecular weight excluding hydrogens is 382 g/mol. The molecule has 0 saturated heterocycles. The summed E-state index contributed by atoms with van der Waals surface area (Å²) < 4.78 is 27.8. The van der Waals surface area contributed by atoms with Crippen LogP contribution in [0.2, 0.25) is 0 Å². The predicted molar refractivity (Wildman–Crippen MR) is 106 cm³/mol. The fourth-order valence-corrected chi connectivity index (χ4v) is 2.79. The van der Waals surface area contributed by atoms with Gasteiger partial charge in [-0.1, -0.05) is 32.9 Å². The molecule has 28 heavy (non-hydrogen) atoms. The number of benzene rings is 1. The molecule has 1 heterocycles. The molecule has 0 unspecified atom stereocenters. The van der Waals surface area contributed by atoms with Crippen LogP contribution in [0.15, 0.2) is 35.3 Å². The summed E-state index contributed by atoms with van der Waals surface area (Å²) >= 11 is 0. The summed E-state index contributed by atoms with van der Waals surface area (Å²) in [7, 11) is -3.20. The van der Waals surface area contributed by atoms with Crippen molar-refractivity contribution in [2.75, 3.05) is 18.6 Å². The van der Waals surface area contributed by atoms with Crippen molar-refractivity contribution in [3.63, 3.8) is 0 Å². The maximum atomic E-state index is 12.1. The average Bonchev–Trinajstić information content (AvgIpc) is 2.58. The van der Waals surface area contributed by atoms with E-state index in [-0.39, 0.29) is 35.7 Å². The summed E-state index contributed by atoms with van der Waals surface area (Å²) in [4.78, 5) is 30.6. The van der Waals surface area contributed by atoms with E-state index in [9.17, 15) is 18.0 Å². The van der Waals surface area contributed by atoms with Crippen LogP contribution in [0.5, 0.6) is 5.75 Å². The van der Waals surface area contributed by atoms with E-state index in [1.165, 1.54) is 5.56 Å². The lowest BCUT2D eigenvalue weighted by atomic mass is 9.87. The minimum absolute atomic E-state index is 0.0417. The highest BCUT2D eigenvalue weighted by atomic mass is 32.2. The molecule has 9 heteroatoms. The zero-order valence-corrected chi connectivity index (χ0v) is 17.2. The van der Waals surface area contributed by atoms with Gasteiger partial charge in [0.25, 0.3) is 11.5 Å². The summed E-state index contributed by atoms with van der Waals surface area (Å²) in [5.41, 5.74) is 0.418. The number of H-pyrrole nitrogens is 1. The third kappa shape index (κ3) is 6.49. The minimum atomic E-state index is -3.20. The van der Waals surface area contributed by atoms with E-state index in [1.54, 1.807) is 0 Å². The smallest absolute Gasteiger partial charge is 0.263 e. The number of aromatic nitrogens is 2. The lowest BCUT2D eigenvalue weighted by molar-refractivity contribution is 0.0954. The van der Waals surface area contributed by atoms with Gasteiger partial charge in [0.15, 0.2) is 0 Å². The average molecular weight is 407 g/mol. The molecule has 0 aliphatic heterocycles. The highest BCUT2D eigenvalue weighted by Crippen LogP contribution is 2.24. The third-order valence-electron chi connectivity index (χ3n) is 3.95. The Morgan fingerprint density at radius 3 is 2.39 bits per heavy atom. The van der Waals surface area contributed by atoms with Gasteiger partial charge in [0, 0.05) is 19.0 Å². The highest BCUT2D eigenvalue weighted by molar-refractivity contribution is 7.90. The molecule has 0 aliphatic carbocycles. The molecular formula is C19H25N3O5S. The second kappa shape index (κ2) is 8.55. The van der Waals surface area contributed by atoms with Gasteiger partial charge in [-0.25, -0.2) is 13.4 Å². The number of hydrogen-bond acceptors (Lipinski definition) is 6. The minimum Gasteiger partial charge on any atom is -0.486 e. The molecule has 0 bridgehead atoms. The molecule has 0 radical (unpaired) electrons. The van der Waals surface area contributed by atoms with Crippen LogP contribution < -0.4 is 15.6 Å². The van der Waals surface area contributed by atoms with Crippen molar-refractivity contribution < 1.29 is 17.9 Å². The standard InChI is InChI=1S/C19H25N3O5S/c1-19(2,3)13-5-7-14(8-6-13)27-12-16-21-11-15(18(24)22-16)17(23)20-9-10-28(4,25)26/h5-8,11H,9-10,12H2,1-4H3,(H,20,23)(H,21,22,24). The van der Waals surface area contributed by atoms with Crippen molar-refractivity contribution in [3.8, 4) is 5.75 Å². The summed E-state index contributed by atoms with van der Waals surface area (Å²) in [6.45, 7) is 6.33. The Balaban J connectivity index is 1.96. The summed E-state index contributed by atoms with van der Waals surface area (Å²) in [5.74, 6) is 0.0303. The van der Waals surface area contributed by atoms with Crippen LogP contribution in [-0.2, 0) is 21.9 Å². The first-order valence-corrected chi connectivity index (χ1v) is 10.8. The largest absolute Gasteiger partial charge is 0.486 e. The number of sulfone groups is 1. The van der Waals surface area contributed by atoms with Gasteiger partial charge >= 0.3 is 0 Å². The maximum Gasteiger partial charge on any atom is 0.263 e. The highest BCUT2D eigenvalue weighted by Gasteiger charge is 2.14. The van der Waals surface area contributed by atoms with Crippen LogP contribution in [0, 0.1) is 0 Å². The van der Waals surface area contributed by atoms with Crippen molar-refractivity contribution >= 4 is 15.7 Å². The topological polar surface area (TPSA) is 118 Å². The van der Waals surface area contributed by atoms with Crippen molar-refractivity contribution in [2.45, 2.75) is 32.8 Å². The number of nitrogens with zero attached hydrogens (tertiary/aromatic N) is 1. The maximum absolute atomic E-state index is 12.1. The molecule has 0 saturated carbocycles. The van der Waals surface area contributed by atoms with Gasteiger partial charge in [-0.15, -0.1) is 0 Å². The molecule has 2 rings (SSSR count). The Labute approximate surface area is 164 Å². The van der Waals surface area contributed by atoms with Gasteiger partial charge < -0.3 is 15.0 Å². The number of amides is 1. The molecule has 0 aliphatic rings. The Hall–Kier alpha value is -2.68. The van der Waals surface area contributed by atoms with Gasteiger partial charge in [0.2, 0.25) is 0 Å². The van der Waals surface area contributed by atoms with Crippen molar-refractivity contribution in [3.05, 3.63) is 57.8 Å². The monoisotopic (exact) mass is 407 g/mol. The van der Waals surface area contributed by atoms with Gasteiger partial charge in [0.1, 0.15) is 33.6 Å². The normalized spacial score (nSPS) is 11.9. The second-order valence-corrected chi connectivity index (χ2v) is 9.78. The van der Waals surface area contributed by atoms with E-state index in [4.69, 9.17) is 4.74 Å². The first kappa shape index (κ1) is 21.6. The van der Waals surface area contributed by atoms with E-state index in [0.29, 0.717) is 5.75 Å². The van der Waals surface area contributed by atoms with Crippen molar-refractivity contribution in [1.29, 1.82) is 0 Å². The summed E-state index contributed by atoms with van der Waals surface area (Å²) in [6.07, 6.45) is 2.22. The SMILES string of the molecule is CC(C)(C)c1ccc(OCc2ncc(C(=O)NCCS(C)(=O)=O)c(=O)[nH]2)cc1.